The van der Waals surface area contributed by atoms with Crippen LogP contribution in [0.5, 0.6) is 0 Å². The Kier molecular flexibility index (Phi) is 7.76. The number of hydrogen-bond acceptors (Lipinski definition) is 2. The molecule has 2 heteroatoms. The minimum atomic E-state index is 0.230. The van der Waals surface area contributed by atoms with Crippen molar-refractivity contribution in [3.63, 3.8) is 0 Å². The Bertz CT molecular complexity index is 323. The normalized spacial score (nSPS) is 14.6. The molecule has 0 saturated carbocycles. The van der Waals surface area contributed by atoms with Gasteiger partial charge in [-0.3, -0.25) is 0 Å². The van der Waals surface area contributed by atoms with Crippen LogP contribution in [0.25, 0.3) is 0 Å². The van der Waals surface area contributed by atoms with E-state index in [0.717, 1.165) is 26.0 Å². The summed E-state index contributed by atoms with van der Waals surface area (Å²) in [5.74, 6) is 0.501. The molecule has 1 N–H and O–H groups in total. The summed E-state index contributed by atoms with van der Waals surface area (Å²) >= 11 is 0. The third-order valence-corrected chi connectivity index (χ3v) is 3.27. The van der Waals surface area contributed by atoms with Gasteiger partial charge in [0.2, 0.25) is 0 Å². The van der Waals surface area contributed by atoms with E-state index in [4.69, 9.17) is 4.74 Å². The third kappa shape index (κ3) is 5.33. The van der Waals surface area contributed by atoms with Crippen LogP contribution in [0.15, 0.2) is 30.3 Å². The van der Waals surface area contributed by atoms with Crippen LogP contribution in [0.2, 0.25) is 0 Å². The second-order valence-corrected chi connectivity index (χ2v) is 5.42. The molecule has 0 radical (unpaired) electrons. The molecule has 0 bridgehead atoms. The lowest BCUT2D eigenvalue weighted by atomic mass is 9.93. The fraction of sp³-hybridized carbons (Fsp3) is 0.647. The van der Waals surface area contributed by atoms with Gasteiger partial charge < -0.3 is 10.1 Å². The van der Waals surface area contributed by atoms with Crippen LogP contribution in [-0.2, 0) is 4.74 Å². The molecule has 1 aromatic rings. The minimum absolute atomic E-state index is 0.230. The summed E-state index contributed by atoms with van der Waals surface area (Å²) in [4.78, 5) is 0. The highest BCUT2D eigenvalue weighted by molar-refractivity contribution is 5.20. The second kappa shape index (κ2) is 9.11. The molecule has 2 atom stereocenters. The number of benzene rings is 1. The van der Waals surface area contributed by atoms with Crippen LogP contribution in [0, 0.1) is 5.92 Å². The summed E-state index contributed by atoms with van der Waals surface area (Å²) in [6.45, 7) is 10.7. The molecule has 0 saturated heterocycles. The van der Waals surface area contributed by atoms with E-state index in [9.17, 15) is 0 Å². The Morgan fingerprint density at radius 1 is 1.05 bits per heavy atom. The second-order valence-electron chi connectivity index (χ2n) is 5.42. The number of hydrogen-bond donors (Lipinski definition) is 1. The molecule has 0 aliphatic heterocycles. The van der Waals surface area contributed by atoms with Crippen molar-refractivity contribution in [2.75, 3.05) is 13.2 Å². The van der Waals surface area contributed by atoms with Crippen LogP contribution >= 0.6 is 0 Å². The maximum Gasteiger partial charge on any atom is 0.0792 e. The Balaban J connectivity index is 2.86. The molecular formula is C17H29NO. The van der Waals surface area contributed by atoms with Crippen LogP contribution in [-0.4, -0.2) is 19.3 Å². The molecule has 2 nitrogen and oxygen atoms in total. The lowest BCUT2D eigenvalue weighted by molar-refractivity contribution is -0.00389. The van der Waals surface area contributed by atoms with Crippen molar-refractivity contribution < 1.29 is 4.74 Å². The lowest BCUT2D eigenvalue weighted by Crippen LogP contribution is -2.37. The van der Waals surface area contributed by atoms with Gasteiger partial charge in [0.25, 0.3) is 0 Å². The van der Waals surface area contributed by atoms with Crippen LogP contribution < -0.4 is 5.32 Å². The molecule has 2 unspecified atom stereocenters. The predicted octanol–water partition coefficient (Wildman–Crippen LogP) is 4.18. The highest BCUT2D eigenvalue weighted by Crippen LogP contribution is 2.25. The Labute approximate surface area is 118 Å². The first-order valence-corrected chi connectivity index (χ1v) is 7.60. The van der Waals surface area contributed by atoms with Gasteiger partial charge in [-0.1, -0.05) is 58.0 Å². The van der Waals surface area contributed by atoms with Crippen LogP contribution in [0.3, 0.4) is 0 Å². The Hall–Kier alpha value is -0.860. The standard InChI is InChI=1S/C17H29NO/c1-5-12-18-16(15-10-8-7-9-11-15)17(14(3)4)19-13-6-2/h7-11,14,16-18H,5-6,12-13H2,1-4H3. The molecule has 0 fully saturated rings. The number of nitrogens with one attached hydrogen (secondary N) is 1. The molecule has 108 valence electrons. The summed E-state index contributed by atoms with van der Waals surface area (Å²) < 4.78 is 6.10. The Morgan fingerprint density at radius 2 is 1.74 bits per heavy atom. The van der Waals surface area contributed by atoms with Gasteiger partial charge in [0, 0.05) is 6.61 Å². The van der Waals surface area contributed by atoms with Crippen molar-refractivity contribution in [1.82, 2.24) is 5.32 Å². The minimum Gasteiger partial charge on any atom is -0.376 e. The van der Waals surface area contributed by atoms with Crippen molar-refractivity contribution in [2.24, 2.45) is 5.92 Å². The van der Waals surface area contributed by atoms with Gasteiger partial charge in [0.05, 0.1) is 12.1 Å². The van der Waals surface area contributed by atoms with Gasteiger partial charge in [-0.05, 0) is 30.9 Å². The van der Waals surface area contributed by atoms with Crippen molar-refractivity contribution in [2.45, 2.75) is 52.7 Å². The summed E-state index contributed by atoms with van der Waals surface area (Å²) in [6.07, 6.45) is 2.44. The van der Waals surface area contributed by atoms with Crippen molar-refractivity contribution in [1.29, 1.82) is 0 Å². The van der Waals surface area contributed by atoms with E-state index >= 15 is 0 Å². The molecule has 0 aliphatic rings. The summed E-state index contributed by atoms with van der Waals surface area (Å²) in [5.41, 5.74) is 1.32. The molecule has 0 aromatic heterocycles. The zero-order chi connectivity index (χ0) is 14.1. The van der Waals surface area contributed by atoms with Crippen LogP contribution in [0.1, 0.15) is 52.1 Å². The molecule has 0 spiro atoms. The maximum absolute atomic E-state index is 6.10. The largest absolute Gasteiger partial charge is 0.376 e. The first-order valence-electron chi connectivity index (χ1n) is 7.60. The molecular weight excluding hydrogens is 234 g/mol. The summed E-state index contributed by atoms with van der Waals surface area (Å²) in [7, 11) is 0. The van der Waals surface area contributed by atoms with Gasteiger partial charge in [-0.2, -0.15) is 0 Å². The quantitative estimate of drug-likeness (QED) is 0.721. The smallest absolute Gasteiger partial charge is 0.0792 e. The highest BCUT2D eigenvalue weighted by atomic mass is 16.5. The van der Waals surface area contributed by atoms with E-state index in [2.05, 4.69) is 63.3 Å². The molecule has 0 amide bonds. The van der Waals surface area contributed by atoms with Gasteiger partial charge in [-0.25, -0.2) is 0 Å². The number of rotatable bonds is 9. The zero-order valence-corrected chi connectivity index (χ0v) is 12.9. The van der Waals surface area contributed by atoms with Crippen molar-refractivity contribution in [3.05, 3.63) is 35.9 Å². The van der Waals surface area contributed by atoms with Gasteiger partial charge in [0.15, 0.2) is 0 Å². The first kappa shape index (κ1) is 16.2. The van der Waals surface area contributed by atoms with E-state index in [1.807, 2.05) is 0 Å². The van der Waals surface area contributed by atoms with E-state index in [1.54, 1.807) is 0 Å². The van der Waals surface area contributed by atoms with Gasteiger partial charge in [0.1, 0.15) is 0 Å². The molecule has 1 aromatic carbocycles. The zero-order valence-electron chi connectivity index (χ0n) is 12.9. The van der Waals surface area contributed by atoms with Crippen molar-refractivity contribution in [3.8, 4) is 0 Å². The number of ether oxygens (including phenoxy) is 1. The monoisotopic (exact) mass is 263 g/mol. The fourth-order valence-corrected chi connectivity index (χ4v) is 2.31. The van der Waals surface area contributed by atoms with E-state index in [1.165, 1.54) is 5.56 Å². The van der Waals surface area contributed by atoms with E-state index in [0.29, 0.717) is 5.92 Å². The topological polar surface area (TPSA) is 21.3 Å². The Morgan fingerprint density at radius 3 is 2.26 bits per heavy atom. The van der Waals surface area contributed by atoms with Gasteiger partial charge >= 0.3 is 0 Å². The first-order chi connectivity index (χ1) is 9.20. The van der Waals surface area contributed by atoms with E-state index in [-0.39, 0.29) is 12.1 Å². The fourth-order valence-electron chi connectivity index (χ4n) is 2.31. The average Bonchev–Trinajstić information content (AvgIpc) is 2.43. The van der Waals surface area contributed by atoms with Gasteiger partial charge in [-0.15, -0.1) is 0 Å². The predicted molar refractivity (Wildman–Crippen MR) is 82.3 cm³/mol. The van der Waals surface area contributed by atoms with Crippen molar-refractivity contribution >= 4 is 0 Å². The summed E-state index contributed by atoms with van der Waals surface area (Å²) in [5, 5.41) is 3.65. The molecule has 0 heterocycles. The van der Waals surface area contributed by atoms with E-state index < -0.39 is 0 Å². The molecule has 1 rings (SSSR count). The lowest BCUT2D eigenvalue weighted by Gasteiger charge is -2.31. The maximum atomic E-state index is 6.10. The van der Waals surface area contributed by atoms with Crippen LogP contribution in [0.4, 0.5) is 0 Å². The SMILES string of the molecule is CCCNC(c1ccccc1)C(OCCC)C(C)C. The molecule has 19 heavy (non-hydrogen) atoms. The average molecular weight is 263 g/mol. The molecule has 0 aliphatic carbocycles. The highest BCUT2D eigenvalue weighted by Gasteiger charge is 2.25. The summed E-state index contributed by atoms with van der Waals surface area (Å²) in [6, 6.07) is 10.9. The third-order valence-electron chi connectivity index (χ3n) is 3.27.